The number of hydrogen-bond acceptors (Lipinski definition) is 5. The van der Waals surface area contributed by atoms with Gasteiger partial charge in [-0.25, -0.2) is 4.79 Å². The second-order valence-electron chi connectivity index (χ2n) is 4.53. The molecule has 112 valence electrons. The molecule has 1 aromatic carbocycles. The van der Waals surface area contributed by atoms with Crippen molar-refractivity contribution in [3.8, 4) is 0 Å². The van der Waals surface area contributed by atoms with Crippen LogP contribution in [0.5, 0.6) is 0 Å². The molecular formula is C14H18N4O3. The molecule has 7 heteroatoms. The highest BCUT2D eigenvalue weighted by Crippen LogP contribution is 2.11. The largest absolute Gasteiger partial charge is 0.394 e. The first kappa shape index (κ1) is 15.0. The molecule has 2 aromatic rings. The fourth-order valence-corrected chi connectivity index (χ4v) is 1.85. The smallest absolute Gasteiger partial charge is 0.315 e. The minimum atomic E-state index is -0.433. The van der Waals surface area contributed by atoms with E-state index >= 15 is 0 Å². The summed E-state index contributed by atoms with van der Waals surface area (Å²) >= 11 is 0. The Morgan fingerprint density at radius 3 is 2.76 bits per heavy atom. The first-order valence-corrected chi connectivity index (χ1v) is 6.68. The van der Waals surface area contributed by atoms with Gasteiger partial charge in [0.05, 0.1) is 12.6 Å². The number of urea groups is 1. The summed E-state index contributed by atoms with van der Waals surface area (Å²) in [6.07, 6.45) is 0.462. The van der Waals surface area contributed by atoms with Gasteiger partial charge in [0, 0.05) is 13.0 Å². The average molecular weight is 290 g/mol. The molecule has 0 saturated heterocycles. The zero-order valence-corrected chi connectivity index (χ0v) is 11.7. The van der Waals surface area contributed by atoms with Gasteiger partial charge >= 0.3 is 6.03 Å². The Balaban J connectivity index is 1.78. The first-order valence-electron chi connectivity index (χ1n) is 6.68. The molecule has 0 spiro atoms. The molecule has 0 aliphatic heterocycles. The van der Waals surface area contributed by atoms with E-state index in [-0.39, 0.29) is 12.6 Å². The lowest BCUT2D eigenvalue weighted by atomic mass is 10.1. The Labute approximate surface area is 122 Å². The van der Waals surface area contributed by atoms with E-state index in [9.17, 15) is 9.90 Å². The number of aromatic nitrogens is 2. The minimum absolute atomic E-state index is 0.166. The molecule has 1 unspecified atom stereocenters. The Morgan fingerprint density at radius 1 is 1.38 bits per heavy atom. The van der Waals surface area contributed by atoms with Crippen molar-refractivity contribution in [3.63, 3.8) is 0 Å². The molecule has 0 aliphatic rings. The van der Waals surface area contributed by atoms with Crippen molar-refractivity contribution in [2.45, 2.75) is 19.4 Å². The lowest BCUT2D eigenvalue weighted by Crippen LogP contribution is -2.40. The zero-order valence-electron chi connectivity index (χ0n) is 11.7. The van der Waals surface area contributed by atoms with Crippen LogP contribution in [0.2, 0.25) is 0 Å². The van der Waals surface area contributed by atoms with Crippen molar-refractivity contribution < 1.29 is 14.4 Å². The van der Waals surface area contributed by atoms with Crippen LogP contribution in [0.15, 0.2) is 34.9 Å². The third kappa shape index (κ3) is 4.57. The SMILES string of the molecule is Cc1noc(CCNC(=O)NC(CO)c2ccccc2)n1. The van der Waals surface area contributed by atoms with Crippen molar-refractivity contribution in [1.29, 1.82) is 0 Å². The number of carbonyl (C=O) groups is 1. The second kappa shape index (κ2) is 7.39. The number of carbonyl (C=O) groups excluding carboxylic acids is 1. The Hall–Kier alpha value is -2.41. The van der Waals surface area contributed by atoms with Crippen LogP contribution in [-0.2, 0) is 6.42 Å². The van der Waals surface area contributed by atoms with E-state index in [0.717, 1.165) is 5.56 Å². The number of rotatable bonds is 6. The number of nitrogens with one attached hydrogen (secondary N) is 2. The van der Waals surface area contributed by atoms with E-state index in [1.807, 2.05) is 30.3 Å². The standard InChI is InChI=1S/C14H18N4O3/c1-10-16-13(21-18-10)7-8-15-14(20)17-12(9-19)11-5-3-2-4-6-11/h2-6,12,19H,7-9H2,1H3,(H2,15,17,20). The Bertz CT molecular complexity index is 571. The van der Waals surface area contributed by atoms with Crippen LogP contribution >= 0.6 is 0 Å². The monoisotopic (exact) mass is 290 g/mol. The molecule has 1 atom stereocenters. The fraction of sp³-hybridized carbons (Fsp3) is 0.357. The predicted molar refractivity (Wildman–Crippen MR) is 75.5 cm³/mol. The van der Waals surface area contributed by atoms with Crippen LogP contribution in [0, 0.1) is 6.92 Å². The number of aliphatic hydroxyl groups is 1. The van der Waals surface area contributed by atoms with Crippen LogP contribution < -0.4 is 10.6 Å². The molecule has 7 nitrogen and oxygen atoms in total. The van der Waals surface area contributed by atoms with E-state index in [4.69, 9.17) is 4.52 Å². The maximum atomic E-state index is 11.8. The maximum absolute atomic E-state index is 11.8. The number of aryl methyl sites for hydroxylation is 1. The van der Waals surface area contributed by atoms with Gasteiger partial charge < -0.3 is 20.3 Å². The Kier molecular flexibility index (Phi) is 5.28. The average Bonchev–Trinajstić information content (AvgIpc) is 2.91. The molecule has 0 saturated carbocycles. The summed E-state index contributed by atoms with van der Waals surface area (Å²) < 4.78 is 4.94. The lowest BCUT2D eigenvalue weighted by molar-refractivity contribution is 0.217. The summed E-state index contributed by atoms with van der Waals surface area (Å²) in [4.78, 5) is 15.8. The molecule has 1 aromatic heterocycles. The molecule has 1 heterocycles. The summed E-state index contributed by atoms with van der Waals surface area (Å²) in [5.41, 5.74) is 0.850. The van der Waals surface area contributed by atoms with Gasteiger partial charge in [0.1, 0.15) is 0 Å². The zero-order chi connectivity index (χ0) is 15.1. The number of aliphatic hydroxyl groups excluding tert-OH is 1. The number of benzene rings is 1. The molecule has 0 aliphatic carbocycles. The molecule has 3 N–H and O–H groups in total. The van der Waals surface area contributed by atoms with Gasteiger partial charge in [0.15, 0.2) is 5.82 Å². The van der Waals surface area contributed by atoms with Gasteiger partial charge in [-0.3, -0.25) is 0 Å². The van der Waals surface area contributed by atoms with Gasteiger partial charge in [-0.2, -0.15) is 4.98 Å². The maximum Gasteiger partial charge on any atom is 0.315 e. The van der Waals surface area contributed by atoms with Crippen LogP contribution in [0.4, 0.5) is 4.79 Å². The van der Waals surface area contributed by atoms with Crippen molar-refractivity contribution in [1.82, 2.24) is 20.8 Å². The Morgan fingerprint density at radius 2 is 2.14 bits per heavy atom. The highest BCUT2D eigenvalue weighted by Gasteiger charge is 2.13. The predicted octanol–water partition coefficient (Wildman–Crippen LogP) is 0.953. The fourth-order valence-electron chi connectivity index (χ4n) is 1.85. The first-order chi connectivity index (χ1) is 10.2. The van der Waals surface area contributed by atoms with E-state index in [2.05, 4.69) is 20.8 Å². The van der Waals surface area contributed by atoms with Crippen LogP contribution in [-0.4, -0.2) is 34.4 Å². The van der Waals surface area contributed by atoms with Gasteiger partial charge in [-0.05, 0) is 12.5 Å². The van der Waals surface area contributed by atoms with Gasteiger partial charge in [-0.15, -0.1) is 0 Å². The normalized spacial score (nSPS) is 11.9. The van der Waals surface area contributed by atoms with Crippen molar-refractivity contribution in [2.75, 3.05) is 13.2 Å². The third-order valence-electron chi connectivity index (χ3n) is 2.88. The molecule has 2 rings (SSSR count). The van der Waals surface area contributed by atoms with Gasteiger partial charge in [-0.1, -0.05) is 35.5 Å². The number of amides is 2. The van der Waals surface area contributed by atoms with E-state index in [0.29, 0.717) is 24.7 Å². The van der Waals surface area contributed by atoms with Crippen LogP contribution in [0.25, 0.3) is 0 Å². The summed E-state index contributed by atoms with van der Waals surface area (Å²) in [5, 5.41) is 18.4. The van der Waals surface area contributed by atoms with E-state index in [1.54, 1.807) is 6.92 Å². The minimum Gasteiger partial charge on any atom is -0.394 e. The quantitative estimate of drug-likeness (QED) is 0.735. The second-order valence-corrected chi connectivity index (χ2v) is 4.53. The topological polar surface area (TPSA) is 100 Å². The molecule has 2 amide bonds. The third-order valence-corrected chi connectivity index (χ3v) is 2.88. The molecule has 21 heavy (non-hydrogen) atoms. The number of nitrogens with zero attached hydrogens (tertiary/aromatic N) is 2. The van der Waals surface area contributed by atoms with Crippen LogP contribution in [0.3, 0.4) is 0 Å². The van der Waals surface area contributed by atoms with Gasteiger partial charge in [0.25, 0.3) is 0 Å². The highest BCUT2D eigenvalue weighted by atomic mass is 16.5. The lowest BCUT2D eigenvalue weighted by Gasteiger charge is -2.17. The molecular weight excluding hydrogens is 272 g/mol. The summed E-state index contributed by atoms with van der Waals surface area (Å²) in [6, 6.07) is 8.51. The van der Waals surface area contributed by atoms with Crippen molar-refractivity contribution >= 4 is 6.03 Å². The van der Waals surface area contributed by atoms with E-state index in [1.165, 1.54) is 0 Å². The summed E-state index contributed by atoms with van der Waals surface area (Å²) in [6.45, 7) is 1.94. The van der Waals surface area contributed by atoms with Crippen molar-refractivity contribution in [3.05, 3.63) is 47.6 Å². The van der Waals surface area contributed by atoms with Crippen molar-refractivity contribution in [2.24, 2.45) is 0 Å². The molecule has 0 bridgehead atoms. The molecule has 0 fully saturated rings. The van der Waals surface area contributed by atoms with Crippen LogP contribution in [0.1, 0.15) is 23.3 Å². The highest BCUT2D eigenvalue weighted by molar-refractivity contribution is 5.74. The summed E-state index contributed by atoms with van der Waals surface area (Å²) in [5.74, 6) is 1.05. The summed E-state index contributed by atoms with van der Waals surface area (Å²) in [7, 11) is 0. The number of hydrogen-bond donors (Lipinski definition) is 3. The van der Waals surface area contributed by atoms with E-state index < -0.39 is 6.04 Å². The van der Waals surface area contributed by atoms with Gasteiger partial charge in [0.2, 0.25) is 5.89 Å². The molecule has 0 radical (unpaired) electrons.